The monoisotopic (exact) mass is 218 g/mol. The Morgan fingerprint density at radius 3 is 2.88 bits per heavy atom. The maximum atomic E-state index is 11.6. The highest BCUT2D eigenvalue weighted by Gasteiger charge is 2.04. The fourth-order valence-corrected chi connectivity index (χ4v) is 1.21. The van der Waals surface area contributed by atoms with Gasteiger partial charge in [0.1, 0.15) is 0 Å². The number of H-pyrrole nitrogens is 2. The number of aromatic amines is 2. The molecule has 0 saturated carbocycles. The normalized spacial score (nSPS) is 10.0. The van der Waals surface area contributed by atoms with E-state index in [2.05, 4.69) is 20.5 Å². The van der Waals surface area contributed by atoms with Crippen molar-refractivity contribution < 1.29 is 4.79 Å². The summed E-state index contributed by atoms with van der Waals surface area (Å²) >= 11 is 0. The first-order valence-electron chi connectivity index (χ1n) is 4.71. The minimum atomic E-state index is -0.245. The summed E-state index contributed by atoms with van der Waals surface area (Å²) in [6, 6.07) is 4.55. The van der Waals surface area contributed by atoms with Gasteiger partial charge < -0.3 is 10.3 Å². The lowest BCUT2D eigenvalue weighted by atomic mass is 10.2. The SMILES string of the molecule is O=C(NCc1ccn[nH]1)c1ccc(=O)[nH]c1. The van der Waals surface area contributed by atoms with Gasteiger partial charge in [-0.2, -0.15) is 5.10 Å². The maximum Gasteiger partial charge on any atom is 0.253 e. The van der Waals surface area contributed by atoms with Gasteiger partial charge in [0.05, 0.1) is 17.8 Å². The van der Waals surface area contributed by atoms with Crippen LogP contribution < -0.4 is 10.9 Å². The van der Waals surface area contributed by atoms with E-state index in [-0.39, 0.29) is 11.5 Å². The fourth-order valence-electron chi connectivity index (χ4n) is 1.21. The average molecular weight is 218 g/mol. The molecule has 3 N–H and O–H groups in total. The fraction of sp³-hybridized carbons (Fsp3) is 0.100. The minimum Gasteiger partial charge on any atom is -0.346 e. The van der Waals surface area contributed by atoms with Crippen LogP contribution in [0.2, 0.25) is 0 Å². The van der Waals surface area contributed by atoms with Crippen molar-refractivity contribution in [1.82, 2.24) is 20.5 Å². The summed E-state index contributed by atoms with van der Waals surface area (Å²) in [5, 5.41) is 9.18. The molecule has 0 unspecified atom stereocenters. The van der Waals surface area contributed by atoms with Gasteiger partial charge in [-0.1, -0.05) is 0 Å². The lowest BCUT2D eigenvalue weighted by molar-refractivity contribution is 0.0950. The van der Waals surface area contributed by atoms with Gasteiger partial charge in [0.2, 0.25) is 5.56 Å². The Hall–Kier alpha value is -2.37. The van der Waals surface area contributed by atoms with Crippen molar-refractivity contribution >= 4 is 5.91 Å². The maximum absolute atomic E-state index is 11.6. The number of pyridine rings is 1. The molecule has 0 fully saturated rings. The summed E-state index contributed by atoms with van der Waals surface area (Å²) in [5.74, 6) is -0.245. The standard InChI is InChI=1S/C10H10N4O2/c15-9-2-1-7(5-11-9)10(16)12-6-8-3-4-13-14-8/h1-5H,6H2,(H,11,15)(H,12,16)(H,13,14). The highest BCUT2D eigenvalue weighted by Crippen LogP contribution is 1.95. The molecule has 0 aliphatic heterocycles. The average Bonchev–Trinajstić information content (AvgIpc) is 2.80. The second-order valence-electron chi connectivity index (χ2n) is 3.21. The molecular weight excluding hydrogens is 208 g/mol. The highest BCUT2D eigenvalue weighted by molar-refractivity contribution is 5.93. The largest absolute Gasteiger partial charge is 0.346 e. The summed E-state index contributed by atoms with van der Waals surface area (Å²) < 4.78 is 0. The Morgan fingerprint density at radius 2 is 2.25 bits per heavy atom. The van der Waals surface area contributed by atoms with E-state index in [0.29, 0.717) is 12.1 Å². The Morgan fingerprint density at radius 1 is 1.38 bits per heavy atom. The smallest absolute Gasteiger partial charge is 0.253 e. The summed E-state index contributed by atoms with van der Waals surface area (Å²) in [5.41, 5.74) is 1.00. The highest BCUT2D eigenvalue weighted by atomic mass is 16.1. The zero-order valence-corrected chi connectivity index (χ0v) is 8.36. The number of hydrogen-bond donors (Lipinski definition) is 3. The zero-order valence-electron chi connectivity index (χ0n) is 8.36. The molecule has 0 aromatic carbocycles. The van der Waals surface area contributed by atoms with E-state index in [4.69, 9.17) is 0 Å². The van der Waals surface area contributed by atoms with Crippen LogP contribution in [0.3, 0.4) is 0 Å². The third kappa shape index (κ3) is 2.35. The number of hydrogen-bond acceptors (Lipinski definition) is 3. The molecule has 0 saturated heterocycles. The first kappa shape index (κ1) is 10.2. The molecule has 0 spiro atoms. The van der Waals surface area contributed by atoms with Crippen LogP contribution in [0.4, 0.5) is 0 Å². The molecule has 2 heterocycles. The van der Waals surface area contributed by atoms with Gasteiger partial charge in [-0.3, -0.25) is 14.7 Å². The first-order chi connectivity index (χ1) is 7.75. The van der Waals surface area contributed by atoms with E-state index in [1.165, 1.54) is 18.3 Å². The van der Waals surface area contributed by atoms with Crippen molar-refractivity contribution in [3.8, 4) is 0 Å². The number of aromatic nitrogens is 3. The number of rotatable bonds is 3. The molecule has 6 heteroatoms. The summed E-state index contributed by atoms with van der Waals surface area (Å²) in [6.07, 6.45) is 2.99. The van der Waals surface area contributed by atoms with E-state index >= 15 is 0 Å². The van der Waals surface area contributed by atoms with Gasteiger partial charge in [0, 0.05) is 18.5 Å². The zero-order chi connectivity index (χ0) is 11.4. The molecule has 2 rings (SSSR count). The Kier molecular flexibility index (Phi) is 2.81. The van der Waals surface area contributed by atoms with Crippen molar-refractivity contribution in [2.45, 2.75) is 6.54 Å². The first-order valence-corrected chi connectivity index (χ1v) is 4.71. The van der Waals surface area contributed by atoms with Crippen molar-refractivity contribution in [3.63, 3.8) is 0 Å². The Bertz CT molecular complexity index is 510. The second-order valence-corrected chi connectivity index (χ2v) is 3.21. The molecule has 0 atom stereocenters. The van der Waals surface area contributed by atoms with Gasteiger partial charge in [-0.05, 0) is 12.1 Å². The molecular formula is C10H10N4O2. The molecule has 0 aliphatic rings. The molecule has 0 bridgehead atoms. The van der Waals surface area contributed by atoms with E-state index in [1.54, 1.807) is 12.3 Å². The van der Waals surface area contributed by atoms with Gasteiger partial charge in [0.25, 0.3) is 5.91 Å². The molecule has 82 valence electrons. The van der Waals surface area contributed by atoms with Crippen LogP contribution in [-0.4, -0.2) is 21.1 Å². The van der Waals surface area contributed by atoms with Crippen LogP contribution in [0.5, 0.6) is 0 Å². The minimum absolute atomic E-state index is 0.231. The molecule has 2 aromatic rings. The molecule has 6 nitrogen and oxygen atoms in total. The van der Waals surface area contributed by atoms with Gasteiger partial charge >= 0.3 is 0 Å². The number of nitrogens with one attached hydrogen (secondary N) is 3. The van der Waals surface area contributed by atoms with Gasteiger partial charge in [-0.15, -0.1) is 0 Å². The molecule has 0 radical (unpaired) electrons. The molecule has 1 amide bonds. The summed E-state index contributed by atoms with van der Waals surface area (Å²) in [6.45, 7) is 0.373. The van der Waals surface area contributed by atoms with Crippen LogP contribution in [-0.2, 0) is 6.54 Å². The van der Waals surface area contributed by atoms with Crippen molar-refractivity contribution in [2.24, 2.45) is 0 Å². The predicted molar refractivity (Wildman–Crippen MR) is 56.8 cm³/mol. The third-order valence-electron chi connectivity index (χ3n) is 2.04. The Balaban J connectivity index is 1.98. The predicted octanol–water partition coefficient (Wildman–Crippen LogP) is 0.0280. The summed E-state index contributed by atoms with van der Waals surface area (Å²) in [7, 11) is 0. The number of carbonyl (C=O) groups excluding carboxylic acids is 1. The lowest BCUT2D eigenvalue weighted by Gasteiger charge is -2.02. The van der Waals surface area contributed by atoms with Crippen LogP contribution in [0, 0.1) is 0 Å². The van der Waals surface area contributed by atoms with E-state index in [1.807, 2.05) is 0 Å². The van der Waals surface area contributed by atoms with Crippen LogP contribution in [0.1, 0.15) is 16.1 Å². The lowest BCUT2D eigenvalue weighted by Crippen LogP contribution is -2.23. The van der Waals surface area contributed by atoms with E-state index < -0.39 is 0 Å². The summed E-state index contributed by atoms with van der Waals surface area (Å²) in [4.78, 5) is 24.8. The topological polar surface area (TPSA) is 90.6 Å². The van der Waals surface area contributed by atoms with Crippen molar-refractivity contribution in [1.29, 1.82) is 0 Å². The van der Waals surface area contributed by atoms with Crippen LogP contribution in [0.15, 0.2) is 35.4 Å². The van der Waals surface area contributed by atoms with Crippen molar-refractivity contribution in [3.05, 3.63) is 52.2 Å². The number of amides is 1. The quantitative estimate of drug-likeness (QED) is 0.678. The number of nitrogens with zero attached hydrogens (tertiary/aromatic N) is 1. The van der Waals surface area contributed by atoms with Gasteiger partial charge in [-0.25, -0.2) is 0 Å². The van der Waals surface area contributed by atoms with Crippen LogP contribution >= 0.6 is 0 Å². The third-order valence-corrected chi connectivity index (χ3v) is 2.04. The van der Waals surface area contributed by atoms with E-state index in [0.717, 1.165) is 5.69 Å². The molecule has 2 aromatic heterocycles. The second kappa shape index (κ2) is 4.43. The molecule has 16 heavy (non-hydrogen) atoms. The molecule has 0 aliphatic carbocycles. The van der Waals surface area contributed by atoms with Crippen LogP contribution in [0.25, 0.3) is 0 Å². The van der Waals surface area contributed by atoms with E-state index in [9.17, 15) is 9.59 Å². The van der Waals surface area contributed by atoms with Gasteiger partial charge in [0.15, 0.2) is 0 Å². The number of carbonyl (C=O) groups is 1. The Labute approximate surface area is 90.7 Å². The van der Waals surface area contributed by atoms with Crippen molar-refractivity contribution in [2.75, 3.05) is 0 Å².